The molecule has 1 aromatic carbocycles. The van der Waals surface area contributed by atoms with Gasteiger partial charge in [-0.05, 0) is 29.4 Å². The van der Waals surface area contributed by atoms with Gasteiger partial charge in [0.25, 0.3) is 0 Å². The Morgan fingerprint density at radius 2 is 2.13 bits per heavy atom. The van der Waals surface area contributed by atoms with Crippen molar-refractivity contribution in [1.29, 1.82) is 0 Å². The van der Waals surface area contributed by atoms with Gasteiger partial charge in [-0.2, -0.15) is 13.2 Å². The monoisotopic (exact) mass is 322 g/mol. The number of hydrazine groups is 1. The van der Waals surface area contributed by atoms with Crippen LogP contribution in [0.15, 0.2) is 59.8 Å². The van der Waals surface area contributed by atoms with E-state index in [9.17, 15) is 18.0 Å². The number of benzene rings is 1. The van der Waals surface area contributed by atoms with Gasteiger partial charge in [0.05, 0.1) is 17.2 Å². The van der Waals surface area contributed by atoms with E-state index in [-0.39, 0.29) is 18.2 Å². The molecule has 0 bridgehead atoms. The maximum atomic E-state index is 12.8. The van der Waals surface area contributed by atoms with Crippen LogP contribution in [0.4, 0.5) is 13.2 Å². The lowest BCUT2D eigenvalue weighted by Gasteiger charge is -2.25. The van der Waals surface area contributed by atoms with Crippen LogP contribution in [0.25, 0.3) is 0 Å². The van der Waals surface area contributed by atoms with Crippen molar-refractivity contribution < 1.29 is 23.1 Å². The zero-order valence-corrected chi connectivity index (χ0v) is 11.8. The van der Waals surface area contributed by atoms with Crippen molar-refractivity contribution in [3.05, 3.63) is 71.0 Å². The zero-order valence-electron chi connectivity index (χ0n) is 11.8. The summed E-state index contributed by atoms with van der Waals surface area (Å²) in [6.07, 6.45) is 2.04. The van der Waals surface area contributed by atoms with E-state index in [0.29, 0.717) is 5.56 Å². The van der Waals surface area contributed by atoms with Crippen LogP contribution in [-0.2, 0) is 17.5 Å². The van der Waals surface area contributed by atoms with E-state index >= 15 is 0 Å². The zero-order chi connectivity index (χ0) is 16.6. The lowest BCUT2D eigenvalue weighted by Crippen LogP contribution is -2.37. The Morgan fingerprint density at radius 3 is 2.83 bits per heavy atom. The number of fused-ring (bicyclic) bond motifs is 1. The van der Waals surface area contributed by atoms with Gasteiger partial charge in [0, 0.05) is 12.7 Å². The molecule has 0 aromatic heterocycles. The van der Waals surface area contributed by atoms with Gasteiger partial charge in [-0.1, -0.05) is 24.3 Å². The summed E-state index contributed by atoms with van der Waals surface area (Å²) in [7, 11) is 0. The van der Waals surface area contributed by atoms with Crippen molar-refractivity contribution >= 4 is 5.97 Å². The fourth-order valence-electron chi connectivity index (χ4n) is 2.59. The van der Waals surface area contributed by atoms with Crippen LogP contribution >= 0.6 is 0 Å². The number of carboxylic acids is 1. The number of aliphatic carboxylic acids is 1. The van der Waals surface area contributed by atoms with Gasteiger partial charge >= 0.3 is 12.1 Å². The smallest absolute Gasteiger partial charge is 0.416 e. The molecule has 1 heterocycles. The number of carbonyl (C=O) groups is 1. The average molecular weight is 322 g/mol. The van der Waals surface area contributed by atoms with E-state index in [1.807, 2.05) is 0 Å². The highest BCUT2D eigenvalue weighted by atomic mass is 19.4. The third kappa shape index (κ3) is 3.14. The van der Waals surface area contributed by atoms with Gasteiger partial charge in [0.15, 0.2) is 0 Å². The highest BCUT2D eigenvalue weighted by Crippen LogP contribution is 2.30. The molecule has 3 rings (SSSR count). The van der Waals surface area contributed by atoms with Crippen molar-refractivity contribution in [2.75, 3.05) is 0 Å². The van der Waals surface area contributed by atoms with E-state index in [0.717, 1.165) is 17.7 Å². The molecule has 0 amide bonds. The molecule has 1 aromatic rings. The van der Waals surface area contributed by atoms with Crippen LogP contribution in [0.1, 0.15) is 11.1 Å². The minimum Gasteiger partial charge on any atom is -0.478 e. The van der Waals surface area contributed by atoms with Crippen LogP contribution in [0.3, 0.4) is 0 Å². The Balaban J connectivity index is 1.75. The molecule has 7 heteroatoms. The standard InChI is InChI=1S/C16H13F3N2O2/c17-16(18,19)13-3-1-2-10(6-13)9-21-14-5-4-11(15(22)23)7-12(14)8-20-21/h1-8,14,20H,9H2,(H,22,23). The number of alkyl halides is 3. The van der Waals surface area contributed by atoms with Crippen molar-refractivity contribution in [3.63, 3.8) is 0 Å². The van der Waals surface area contributed by atoms with Crippen LogP contribution < -0.4 is 5.43 Å². The first-order valence-corrected chi connectivity index (χ1v) is 6.87. The summed E-state index contributed by atoms with van der Waals surface area (Å²) >= 11 is 0. The maximum Gasteiger partial charge on any atom is 0.416 e. The fourth-order valence-corrected chi connectivity index (χ4v) is 2.59. The molecule has 23 heavy (non-hydrogen) atoms. The second-order valence-electron chi connectivity index (χ2n) is 5.31. The second-order valence-corrected chi connectivity index (χ2v) is 5.31. The molecule has 0 saturated heterocycles. The molecule has 1 aliphatic carbocycles. The van der Waals surface area contributed by atoms with Gasteiger partial charge in [-0.3, -0.25) is 0 Å². The number of hydrogen-bond donors (Lipinski definition) is 2. The second kappa shape index (κ2) is 5.58. The summed E-state index contributed by atoms with van der Waals surface area (Å²) in [5.74, 6) is -1.02. The highest BCUT2D eigenvalue weighted by molar-refractivity contribution is 5.91. The Morgan fingerprint density at radius 1 is 1.35 bits per heavy atom. The largest absolute Gasteiger partial charge is 0.478 e. The van der Waals surface area contributed by atoms with E-state index in [1.165, 1.54) is 12.1 Å². The normalized spacial score (nSPS) is 20.6. The van der Waals surface area contributed by atoms with Gasteiger partial charge in [-0.15, -0.1) is 0 Å². The Bertz CT molecular complexity index is 735. The molecule has 1 unspecified atom stereocenters. The Hall–Kier alpha value is -2.54. The summed E-state index contributed by atoms with van der Waals surface area (Å²) in [6, 6.07) is 4.95. The van der Waals surface area contributed by atoms with Crippen molar-refractivity contribution in [1.82, 2.24) is 10.4 Å². The molecule has 2 N–H and O–H groups in total. The summed E-state index contributed by atoms with van der Waals surface area (Å²) in [6.45, 7) is 0.259. The minimum atomic E-state index is -4.37. The van der Waals surface area contributed by atoms with Crippen molar-refractivity contribution in [2.24, 2.45) is 0 Å². The molecule has 0 saturated carbocycles. The molecule has 2 aliphatic rings. The van der Waals surface area contributed by atoms with E-state index in [4.69, 9.17) is 5.11 Å². The summed E-state index contributed by atoms with van der Waals surface area (Å²) in [5, 5.41) is 10.7. The van der Waals surface area contributed by atoms with E-state index in [2.05, 4.69) is 5.43 Å². The molecule has 1 atom stereocenters. The lowest BCUT2D eigenvalue weighted by molar-refractivity contribution is -0.137. The topological polar surface area (TPSA) is 52.6 Å². The summed E-state index contributed by atoms with van der Waals surface area (Å²) in [4.78, 5) is 11.0. The van der Waals surface area contributed by atoms with Gasteiger partial charge < -0.3 is 10.5 Å². The molecular weight excluding hydrogens is 309 g/mol. The number of carboxylic acid groups (broad SMARTS) is 1. The van der Waals surface area contributed by atoms with Crippen molar-refractivity contribution in [2.45, 2.75) is 18.8 Å². The molecule has 1 aliphatic heterocycles. The lowest BCUT2D eigenvalue weighted by atomic mass is 9.98. The van der Waals surface area contributed by atoms with E-state index in [1.54, 1.807) is 29.4 Å². The van der Waals surface area contributed by atoms with E-state index < -0.39 is 17.7 Å². The maximum absolute atomic E-state index is 12.8. The number of halogens is 3. The number of rotatable bonds is 3. The Kier molecular flexibility index (Phi) is 3.73. The third-order valence-electron chi connectivity index (χ3n) is 3.71. The van der Waals surface area contributed by atoms with Crippen LogP contribution in [0.5, 0.6) is 0 Å². The van der Waals surface area contributed by atoms with Crippen LogP contribution in [0, 0.1) is 0 Å². The molecule has 0 radical (unpaired) electrons. The van der Waals surface area contributed by atoms with Gasteiger partial charge in [0.1, 0.15) is 0 Å². The third-order valence-corrected chi connectivity index (χ3v) is 3.71. The molecular formula is C16H13F3N2O2. The highest BCUT2D eigenvalue weighted by Gasteiger charge is 2.31. The average Bonchev–Trinajstić information content (AvgIpc) is 2.89. The SMILES string of the molecule is O=C(O)C1=CC2=CNN(Cc3cccc(C(F)(F)F)c3)C2C=C1. The first-order chi connectivity index (χ1) is 10.8. The number of nitrogens with one attached hydrogen (secondary N) is 1. The predicted molar refractivity (Wildman–Crippen MR) is 76.9 cm³/mol. The first kappa shape index (κ1) is 15.4. The van der Waals surface area contributed by atoms with Crippen molar-refractivity contribution in [3.8, 4) is 0 Å². The molecule has 0 spiro atoms. The Labute approximate surface area is 130 Å². The fraction of sp³-hybridized carbons (Fsp3) is 0.188. The minimum absolute atomic E-state index is 0.176. The summed E-state index contributed by atoms with van der Waals surface area (Å²) in [5.41, 5.74) is 3.73. The van der Waals surface area contributed by atoms with Gasteiger partial charge in [-0.25, -0.2) is 9.80 Å². The summed E-state index contributed by atoms with van der Waals surface area (Å²) < 4.78 is 38.3. The van der Waals surface area contributed by atoms with Crippen LogP contribution in [0.2, 0.25) is 0 Å². The number of nitrogens with zero attached hydrogens (tertiary/aromatic N) is 1. The van der Waals surface area contributed by atoms with Gasteiger partial charge in [0.2, 0.25) is 0 Å². The molecule has 4 nitrogen and oxygen atoms in total. The quantitative estimate of drug-likeness (QED) is 0.898. The predicted octanol–water partition coefficient (Wildman–Crippen LogP) is 2.86. The van der Waals surface area contributed by atoms with Crippen LogP contribution in [-0.4, -0.2) is 22.1 Å². The molecule has 0 fully saturated rings. The number of hydrogen-bond acceptors (Lipinski definition) is 3. The molecule has 120 valence electrons. The first-order valence-electron chi connectivity index (χ1n) is 6.87.